The normalized spacial score (nSPS) is 12.4. The van der Waals surface area contributed by atoms with E-state index in [9.17, 15) is 0 Å². The van der Waals surface area contributed by atoms with E-state index in [1.165, 1.54) is 0 Å². The van der Waals surface area contributed by atoms with Gasteiger partial charge in [0.25, 0.3) is 0 Å². The van der Waals surface area contributed by atoms with E-state index in [-0.39, 0.29) is 0 Å². The van der Waals surface area contributed by atoms with Gasteiger partial charge in [0, 0.05) is 12.5 Å². The van der Waals surface area contributed by atoms with Crippen molar-refractivity contribution < 1.29 is 9.47 Å². The van der Waals surface area contributed by atoms with E-state index < -0.39 is 0 Å². The molecule has 1 aromatic rings. The van der Waals surface area contributed by atoms with Crippen LogP contribution in [-0.2, 0) is 4.74 Å². The van der Waals surface area contributed by atoms with Crippen LogP contribution in [0.25, 0.3) is 0 Å². The SMILES string of the molecule is CC(CCCl)CCOCCOc1ccccc1. The number of benzene rings is 1. The molecule has 1 atom stereocenters. The highest BCUT2D eigenvalue weighted by molar-refractivity contribution is 6.17. The minimum Gasteiger partial charge on any atom is -0.491 e. The Morgan fingerprint density at radius 3 is 2.53 bits per heavy atom. The van der Waals surface area contributed by atoms with Crippen LogP contribution in [0.15, 0.2) is 30.3 Å². The topological polar surface area (TPSA) is 18.5 Å². The highest BCUT2D eigenvalue weighted by atomic mass is 35.5. The van der Waals surface area contributed by atoms with Gasteiger partial charge >= 0.3 is 0 Å². The quantitative estimate of drug-likeness (QED) is 0.495. The summed E-state index contributed by atoms with van der Waals surface area (Å²) < 4.78 is 11.0. The summed E-state index contributed by atoms with van der Waals surface area (Å²) in [5.74, 6) is 2.27. The molecule has 0 saturated carbocycles. The molecule has 0 aliphatic heterocycles. The fourth-order valence-electron chi connectivity index (χ4n) is 1.45. The van der Waals surface area contributed by atoms with Crippen molar-refractivity contribution in [1.82, 2.24) is 0 Å². The van der Waals surface area contributed by atoms with Gasteiger partial charge in [0.1, 0.15) is 12.4 Å². The van der Waals surface area contributed by atoms with Crippen molar-refractivity contribution in [3.05, 3.63) is 30.3 Å². The molecular weight excluding hydrogens is 236 g/mol. The van der Waals surface area contributed by atoms with Crippen LogP contribution in [0.4, 0.5) is 0 Å². The molecule has 3 heteroatoms. The summed E-state index contributed by atoms with van der Waals surface area (Å²) in [6, 6.07) is 9.79. The molecule has 0 aromatic heterocycles. The standard InChI is InChI=1S/C14H21ClO2/c1-13(7-9-15)8-10-16-11-12-17-14-5-3-2-4-6-14/h2-6,13H,7-12H2,1H3. The Hall–Kier alpha value is -0.730. The molecule has 0 aliphatic rings. The number of hydrogen-bond donors (Lipinski definition) is 0. The summed E-state index contributed by atoms with van der Waals surface area (Å²) in [7, 11) is 0. The van der Waals surface area contributed by atoms with Gasteiger partial charge in [0.05, 0.1) is 6.61 Å². The van der Waals surface area contributed by atoms with E-state index in [0.29, 0.717) is 19.1 Å². The molecule has 0 radical (unpaired) electrons. The number of rotatable bonds is 9. The Morgan fingerprint density at radius 1 is 1.06 bits per heavy atom. The first kappa shape index (κ1) is 14.3. The lowest BCUT2D eigenvalue weighted by atomic mass is 10.1. The predicted molar refractivity (Wildman–Crippen MR) is 71.9 cm³/mol. The molecule has 0 bridgehead atoms. The van der Waals surface area contributed by atoms with Crippen molar-refractivity contribution in [2.75, 3.05) is 25.7 Å². The summed E-state index contributed by atoms with van der Waals surface area (Å²) in [5.41, 5.74) is 0. The summed E-state index contributed by atoms with van der Waals surface area (Å²) in [6.45, 7) is 4.23. The lowest BCUT2D eigenvalue weighted by Gasteiger charge is -2.10. The fraction of sp³-hybridized carbons (Fsp3) is 0.571. The van der Waals surface area contributed by atoms with Gasteiger partial charge in [-0.3, -0.25) is 0 Å². The van der Waals surface area contributed by atoms with Crippen LogP contribution >= 0.6 is 11.6 Å². The van der Waals surface area contributed by atoms with Crippen LogP contribution in [0.3, 0.4) is 0 Å². The average molecular weight is 257 g/mol. The van der Waals surface area contributed by atoms with Crippen LogP contribution in [0, 0.1) is 5.92 Å². The highest BCUT2D eigenvalue weighted by Crippen LogP contribution is 2.09. The molecule has 17 heavy (non-hydrogen) atoms. The monoisotopic (exact) mass is 256 g/mol. The Labute approximate surface area is 109 Å². The van der Waals surface area contributed by atoms with E-state index in [2.05, 4.69) is 6.92 Å². The van der Waals surface area contributed by atoms with Crippen molar-refractivity contribution in [3.63, 3.8) is 0 Å². The molecule has 1 unspecified atom stereocenters. The molecular formula is C14H21ClO2. The molecule has 96 valence electrons. The molecule has 0 N–H and O–H groups in total. The van der Waals surface area contributed by atoms with Gasteiger partial charge in [-0.25, -0.2) is 0 Å². The molecule has 0 fully saturated rings. The molecule has 1 rings (SSSR count). The number of hydrogen-bond acceptors (Lipinski definition) is 2. The maximum atomic E-state index is 5.67. The number of ether oxygens (including phenoxy) is 2. The van der Waals surface area contributed by atoms with Gasteiger partial charge in [0.2, 0.25) is 0 Å². The summed E-state index contributed by atoms with van der Waals surface area (Å²) in [6.07, 6.45) is 2.13. The number of alkyl halides is 1. The molecule has 2 nitrogen and oxygen atoms in total. The van der Waals surface area contributed by atoms with Crippen molar-refractivity contribution >= 4 is 11.6 Å². The Morgan fingerprint density at radius 2 is 1.82 bits per heavy atom. The molecule has 0 heterocycles. The van der Waals surface area contributed by atoms with E-state index in [1.807, 2.05) is 30.3 Å². The smallest absolute Gasteiger partial charge is 0.119 e. The second-order valence-electron chi connectivity index (χ2n) is 4.15. The van der Waals surface area contributed by atoms with Gasteiger partial charge in [0.15, 0.2) is 0 Å². The van der Waals surface area contributed by atoms with E-state index in [1.54, 1.807) is 0 Å². The lowest BCUT2D eigenvalue weighted by Crippen LogP contribution is -2.09. The van der Waals surface area contributed by atoms with Crippen molar-refractivity contribution in [2.24, 2.45) is 5.92 Å². The average Bonchev–Trinajstić information content (AvgIpc) is 2.35. The maximum absolute atomic E-state index is 5.67. The van der Waals surface area contributed by atoms with Gasteiger partial charge in [-0.1, -0.05) is 25.1 Å². The molecule has 1 aromatic carbocycles. The molecule has 0 amide bonds. The lowest BCUT2D eigenvalue weighted by molar-refractivity contribution is 0.0911. The van der Waals surface area contributed by atoms with Crippen LogP contribution in [0.5, 0.6) is 5.75 Å². The first-order chi connectivity index (χ1) is 8.33. The third kappa shape index (κ3) is 7.24. The summed E-state index contributed by atoms with van der Waals surface area (Å²) >= 11 is 5.67. The first-order valence-corrected chi connectivity index (χ1v) is 6.68. The third-order valence-electron chi connectivity index (χ3n) is 2.60. The van der Waals surface area contributed by atoms with E-state index in [4.69, 9.17) is 21.1 Å². The Kier molecular flexibility index (Phi) is 7.85. The summed E-state index contributed by atoms with van der Waals surface area (Å²) in [4.78, 5) is 0. The minimum atomic E-state index is 0.605. The summed E-state index contributed by atoms with van der Waals surface area (Å²) in [5, 5.41) is 0. The zero-order valence-electron chi connectivity index (χ0n) is 10.4. The fourth-order valence-corrected chi connectivity index (χ4v) is 1.82. The second-order valence-corrected chi connectivity index (χ2v) is 4.52. The van der Waals surface area contributed by atoms with Crippen LogP contribution in [0.1, 0.15) is 19.8 Å². The highest BCUT2D eigenvalue weighted by Gasteiger charge is 2.00. The van der Waals surface area contributed by atoms with E-state index in [0.717, 1.165) is 31.1 Å². The third-order valence-corrected chi connectivity index (χ3v) is 2.81. The Bertz CT molecular complexity index is 277. The van der Waals surface area contributed by atoms with Crippen LogP contribution in [-0.4, -0.2) is 25.7 Å². The zero-order valence-corrected chi connectivity index (χ0v) is 11.2. The Balaban J connectivity index is 1.95. The van der Waals surface area contributed by atoms with Gasteiger partial charge < -0.3 is 9.47 Å². The van der Waals surface area contributed by atoms with Gasteiger partial charge in [-0.15, -0.1) is 11.6 Å². The molecule has 0 spiro atoms. The minimum absolute atomic E-state index is 0.605. The number of para-hydroxylation sites is 1. The number of halogens is 1. The largest absolute Gasteiger partial charge is 0.491 e. The zero-order chi connectivity index (χ0) is 12.3. The van der Waals surface area contributed by atoms with Crippen molar-refractivity contribution in [3.8, 4) is 5.75 Å². The molecule has 0 aliphatic carbocycles. The predicted octanol–water partition coefficient (Wildman–Crippen LogP) is 3.74. The van der Waals surface area contributed by atoms with Crippen LogP contribution < -0.4 is 4.74 Å². The van der Waals surface area contributed by atoms with Crippen LogP contribution in [0.2, 0.25) is 0 Å². The first-order valence-electron chi connectivity index (χ1n) is 6.14. The van der Waals surface area contributed by atoms with Gasteiger partial charge in [-0.05, 0) is 30.9 Å². The second kappa shape index (κ2) is 9.32. The van der Waals surface area contributed by atoms with Gasteiger partial charge in [-0.2, -0.15) is 0 Å². The van der Waals surface area contributed by atoms with Crippen molar-refractivity contribution in [2.45, 2.75) is 19.8 Å². The van der Waals surface area contributed by atoms with E-state index >= 15 is 0 Å². The molecule has 0 saturated heterocycles. The maximum Gasteiger partial charge on any atom is 0.119 e. The van der Waals surface area contributed by atoms with Crippen molar-refractivity contribution in [1.29, 1.82) is 0 Å².